The summed E-state index contributed by atoms with van der Waals surface area (Å²) in [5.74, 6) is 0.351. The number of nitrogen functional groups attached to an aromatic ring is 1. The Kier molecular flexibility index (Phi) is 3.49. The van der Waals surface area contributed by atoms with E-state index in [1.807, 2.05) is 0 Å². The van der Waals surface area contributed by atoms with Crippen LogP contribution in [-0.4, -0.2) is 31.9 Å². The number of hydrogen-bond donors (Lipinski definition) is 2. The predicted molar refractivity (Wildman–Crippen MR) is 70.2 cm³/mol. The van der Waals surface area contributed by atoms with Gasteiger partial charge in [-0.3, -0.25) is 5.41 Å². The van der Waals surface area contributed by atoms with E-state index in [0.29, 0.717) is 22.8 Å². The van der Waals surface area contributed by atoms with Crippen LogP contribution in [0.1, 0.15) is 12.0 Å². The summed E-state index contributed by atoms with van der Waals surface area (Å²) in [6.07, 6.45) is 0.0539. The minimum atomic E-state index is -3.00. The third-order valence-electron chi connectivity index (χ3n) is 2.72. The van der Waals surface area contributed by atoms with Crippen molar-refractivity contribution in [3.05, 3.63) is 28.8 Å². The summed E-state index contributed by atoms with van der Waals surface area (Å²) in [6, 6.07) is 4.74. The lowest BCUT2D eigenvalue weighted by Gasteiger charge is -2.15. The molecule has 1 atom stereocenters. The van der Waals surface area contributed by atoms with Crippen LogP contribution in [0.4, 0.5) is 0 Å². The van der Waals surface area contributed by atoms with E-state index in [1.54, 1.807) is 18.2 Å². The standard InChI is InChI=1S/C11H13ClN2O3S/c12-7-1-2-9(11(13)14)10(5-7)17-8-3-4-18(15,16)6-8/h1-2,5,8H,3-4,6H2,(H3,13,14). The van der Waals surface area contributed by atoms with Gasteiger partial charge in [0, 0.05) is 5.02 Å². The van der Waals surface area contributed by atoms with Crippen molar-refractivity contribution in [2.24, 2.45) is 5.73 Å². The highest BCUT2D eigenvalue weighted by Gasteiger charge is 2.30. The lowest BCUT2D eigenvalue weighted by atomic mass is 10.2. The highest BCUT2D eigenvalue weighted by atomic mass is 35.5. The molecule has 3 N–H and O–H groups in total. The average Bonchev–Trinajstić information content (AvgIpc) is 2.57. The first-order chi connectivity index (χ1) is 8.37. The van der Waals surface area contributed by atoms with E-state index in [2.05, 4.69) is 0 Å². The van der Waals surface area contributed by atoms with Gasteiger partial charge in [0.1, 0.15) is 17.7 Å². The van der Waals surface area contributed by atoms with Gasteiger partial charge in [0.05, 0.1) is 17.1 Å². The summed E-state index contributed by atoms with van der Waals surface area (Å²) in [4.78, 5) is 0. The van der Waals surface area contributed by atoms with Crippen LogP contribution in [0, 0.1) is 5.41 Å². The Morgan fingerprint density at radius 1 is 1.50 bits per heavy atom. The molecule has 1 heterocycles. The van der Waals surface area contributed by atoms with Gasteiger partial charge in [0.25, 0.3) is 0 Å². The van der Waals surface area contributed by atoms with E-state index < -0.39 is 15.9 Å². The largest absolute Gasteiger partial charge is 0.489 e. The first-order valence-electron chi connectivity index (χ1n) is 5.38. The van der Waals surface area contributed by atoms with Crippen LogP contribution in [-0.2, 0) is 9.84 Å². The van der Waals surface area contributed by atoms with Gasteiger partial charge >= 0.3 is 0 Å². The molecule has 0 radical (unpaired) electrons. The van der Waals surface area contributed by atoms with Crippen molar-refractivity contribution in [3.63, 3.8) is 0 Å². The Bertz CT molecular complexity index is 586. The van der Waals surface area contributed by atoms with E-state index in [0.717, 1.165) is 0 Å². The molecule has 2 rings (SSSR count). The molecule has 0 spiro atoms. The van der Waals surface area contributed by atoms with E-state index in [9.17, 15) is 8.42 Å². The number of nitrogens with one attached hydrogen (secondary N) is 1. The van der Waals surface area contributed by atoms with Crippen molar-refractivity contribution < 1.29 is 13.2 Å². The minimum Gasteiger partial charge on any atom is -0.489 e. The Hall–Kier alpha value is -1.27. The second kappa shape index (κ2) is 4.78. The molecule has 1 aliphatic heterocycles. The molecule has 0 bridgehead atoms. The summed E-state index contributed by atoms with van der Waals surface area (Å²) in [5.41, 5.74) is 5.85. The van der Waals surface area contributed by atoms with E-state index in [-0.39, 0.29) is 17.3 Å². The summed E-state index contributed by atoms with van der Waals surface area (Å²) in [6.45, 7) is 0. The third kappa shape index (κ3) is 2.94. The zero-order valence-corrected chi connectivity index (χ0v) is 11.1. The van der Waals surface area contributed by atoms with Crippen molar-refractivity contribution in [2.45, 2.75) is 12.5 Å². The van der Waals surface area contributed by atoms with Crippen molar-refractivity contribution in [1.82, 2.24) is 0 Å². The number of hydrogen-bond acceptors (Lipinski definition) is 4. The quantitative estimate of drug-likeness (QED) is 0.645. The Morgan fingerprint density at radius 3 is 2.78 bits per heavy atom. The Morgan fingerprint density at radius 2 is 2.22 bits per heavy atom. The maximum absolute atomic E-state index is 11.3. The fraction of sp³-hybridized carbons (Fsp3) is 0.364. The first-order valence-corrected chi connectivity index (χ1v) is 7.58. The van der Waals surface area contributed by atoms with E-state index in [1.165, 1.54) is 0 Å². The van der Waals surface area contributed by atoms with E-state index >= 15 is 0 Å². The molecule has 1 unspecified atom stereocenters. The van der Waals surface area contributed by atoms with Crippen LogP contribution in [0.25, 0.3) is 0 Å². The van der Waals surface area contributed by atoms with Gasteiger partial charge in [0.2, 0.25) is 0 Å². The lowest BCUT2D eigenvalue weighted by molar-refractivity contribution is 0.228. The van der Waals surface area contributed by atoms with Crippen molar-refractivity contribution in [2.75, 3.05) is 11.5 Å². The van der Waals surface area contributed by atoms with Crippen molar-refractivity contribution in [1.29, 1.82) is 5.41 Å². The first kappa shape index (κ1) is 13.2. The highest BCUT2D eigenvalue weighted by Crippen LogP contribution is 2.26. The van der Waals surface area contributed by atoms with Crippen LogP contribution >= 0.6 is 11.6 Å². The molecule has 1 aromatic rings. The second-order valence-electron chi connectivity index (χ2n) is 4.20. The molecule has 0 amide bonds. The van der Waals surface area contributed by atoms with Gasteiger partial charge in [-0.2, -0.15) is 0 Å². The fourth-order valence-corrected chi connectivity index (χ4v) is 3.60. The minimum absolute atomic E-state index is 0.00312. The summed E-state index contributed by atoms with van der Waals surface area (Å²) >= 11 is 5.85. The highest BCUT2D eigenvalue weighted by molar-refractivity contribution is 7.91. The van der Waals surface area contributed by atoms with Gasteiger partial charge in [-0.05, 0) is 24.6 Å². The van der Waals surface area contributed by atoms with Crippen molar-refractivity contribution >= 4 is 27.3 Å². The Balaban J connectivity index is 2.23. The summed E-state index contributed by atoms with van der Waals surface area (Å²) in [7, 11) is -3.00. The van der Waals surface area contributed by atoms with Crippen LogP contribution < -0.4 is 10.5 Å². The summed E-state index contributed by atoms with van der Waals surface area (Å²) in [5, 5.41) is 7.89. The number of benzene rings is 1. The number of sulfone groups is 1. The maximum atomic E-state index is 11.3. The SMILES string of the molecule is N=C(N)c1ccc(Cl)cc1OC1CCS(=O)(=O)C1. The molecular formula is C11H13ClN2O3S. The number of ether oxygens (including phenoxy) is 1. The monoisotopic (exact) mass is 288 g/mol. The summed E-state index contributed by atoms with van der Waals surface area (Å²) < 4.78 is 28.3. The molecule has 1 aromatic carbocycles. The van der Waals surface area contributed by atoms with Crippen LogP contribution in [0.3, 0.4) is 0 Å². The lowest BCUT2D eigenvalue weighted by Crippen LogP contribution is -2.20. The molecule has 1 saturated heterocycles. The fourth-order valence-electron chi connectivity index (χ4n) is 1.85. The molecule has 0 saturated carbocycles. The van der Waals surface area contributed by atoms with Gasteiger partial charge < -0.3 is 10.5 Å². The van der Waals surface area contributed by atoms with Gasteiger partial charge in [-0.25, -0.2) is 8.42 Å². The normalized spacial score (nSPS) is 21.7. The molecule has 1 aliphatic rings. The predicted octanol–water partition coefficient (Wildman–Crippen LogP) is 1.19. The number of nitrogens with two attached hydrogens (primary N) is 1. The number of rotatable bonds is 3. The molecule has 0 aromatic heterocycles. The Labute approximate surface area is 110 Å². The average molecular weight is 289 g/mol. The van der Waals surface area contributed by atoms with Gasteiger partial charge in [0.15, 0.2) is 9.84 Å². The number of amidine groups is 1. The van der Waals surface area contributed by atoms with Gasteiger partial charge in [-0.1, -0.05) is 11.6 Å². The zero-order valence-electron chi connectivity index (χ0n) is 9.52. The molecule has 7 heteroatoms. The van der Waals surface area contributed by atoms with Crippen LogP contribution in [0.2, 0.25) is 5.02 Å². The molecule has 0 aliphatic carbocycles. The van der Waals surface area contributed by atoms with E-state index in [4.69, 9.17) is 27.5 Å². The molecule has 5 nitrogen and oxygen atoms in total. The van der Waals surface area contributed by atoms with Gasteiger partial charge in [-0.15, -0.1) is 0 Å². The van der Waals surface area contributed by atoms with Crippen LogP contribution in [0.5, 0.6) is 5.75 Å². The zero-order chi connectivity index (χ0) is 13.3. The maximum Gasteiger partial charge on any atom is 0.154 e. The van der Waals surface area contributed by atoms with Crippen molar-refractivity contribution in [3.8, 4) is 5.75 Å². The smallest absolute Gasteiger partial charge is 0.154 e. The third-order valence-corrected chi connectivity index (χ3v) is 4.69. The molecule has 98 valence electrons. The molecule has 18 heavy (non-hydrogen) atoms. The topological polar surface area (TPSA) is 93.2 Å². The van der Waals surface area contributed by atoms with Crippen LogP contribution in [0.15, 0.2) is 18.2 Å². The molecule has 1 fully saturated rings. The second-order valence-corrected chi connectivity index (χ2v) is 6.86. The number of halogens is 1. The molecular weight excluding hydrogens is 276 g/mol.